The highest BCUT2D eigenvalue weighted by Gasteiger charge is 2.37. The van der Waals surface area contributed by atoms with E-state index < -0.39 is 11.1 Å². The molecule has 2 aliphatic heterocycles. The normalized spacial score (nSPS) is 19.3. The maximum absolute atomic E-state index is 13.6. The van der Waals surface area contributed by atoms with E-state index in [0.717, 1.165) is 43.7 Å². The number of hydrogen-bond acceptors (Lipinski definition) is 4. The van der Waals surface area contributed by atoms with Crippen molar-refractivity contribution in [2.75, 3.05) is 26.2 Å². The molecule has 0 bridgehead atoms. The maximum atomic E-state index is 13.6. The van der Waals surface area contributed by atoms with Gasteiger partial charge in [-0.05, 0) is 120 Å². The van der Waals surface area contributed by atoms with Crippen LogP contribution in [-0.4, -0.2) is 58.6 Å². The van der Waals surface area contributed by atoms with Crippen molar-refractivity contribution in [1.29, 1.82) is 0 Å². The van der Waals surface area contributed by atoms with Crippen LogP contribution < -0.4 is 0 Å². The minimum atomic E-state index is -0.486. The van der Waals surface area contributed by atoms with Gasteiger partial charge in [0.25, 0.3) is 0 Å². The molecule has 0 N–H and O–H groups in total. The first-order valence-electron chi connectivity index (χ1n) is 13.6. The fourth-order valence-electron chi connectivity index (χ4n) is 6.39. The van der Waals surface area contributed by atoms with E-state index in [0.29, 0.717) is 0 Å². The van der Waals surface area contributed by atoms with Crippen LogP contribution in [0.3, 0.4) is 0 Å². The molecule has 2 heterocycles. The molecule has 0 saturated carbocycles. The average molecular weight is 473 g/mol. The van der Waals surface area contributed by atoms with Gasteiger partial charge in [-0.15, -0.1) is 0 Å². The number of Topliss-reactive ketones (excluding diaryl/α,β-unsaturated/α-hetero) is 2. The second kappa shape index (κ2) is 9.29. The number of nitrogens with zero attached hydrogens (tertiary/aromatic N) is 2. The minimum Gasteiger partial charge on any atom is -0.292 e. The molecule has 0 unspecified atom stereocenters. The highest BCUT2D eigenvalue weighted by Crippen LogP contribution is 2.39. The van der Waals surface area contributed by atoms with Crippen LogP contribution in [0.4, 0.5) is 0 Å². The molecule has 35 heavy (non-hydrogen) atoms. The summed E-state index contributed by atoms with van der Waals surface area (Å²) >= 11 is 0. The van der Waals surface area contributed by atoms with E-state index in [9.17, 15) is 9.59 Å². The third-order valence-electron chi connectivity index (χ3n) is 8.81. The SMILES string of the molecule is CC(C)(C(=O)c1ccc2c(c1)Cc1cc(C(=O)C(C)(C)N3CCCCC3)ccc1-2)N1CCCCC1. The Morgan fingerprint density at radius 2 is 0.971 bits per heavy atom. The molecule has 3 aliphatic rings. The van der Waals surface area contributed by atoms with Crippen LogP contribution in [0.2, 0.25) is 0 Å². The standard InChI is InChI=1S/C31H40N2O2/c1-30(2,32-15-7-5-8-16-32)28(34)22-11-13-26-24(19-22)21-25-20-23(12-14-27(25)26)29(35)31(3,4)33-17-9-6-10-18-33/h11-14,19-20H,5-10,15-18,21H2,1-4H3. The van der Waals surface area contributed by atoms with Crippen LogP contribution in [0.1, 0.15) is 98.1 Å². The summed E-state index contributed by atoms with van der Waals surface area (Å²) in [6, 6.07) is 12.4. The monoisotopic (exact) mass is 472 g/mol. The molecule has 0 spiro atoms. The zero-order valence-corrected chi connectivity index (χ0v) is 22.0. The zero-order valence-electron chi connectivity index (χ0n) is 22.0. The largest absolute Gasteiger partial charge is 0.292 e. The smallest absolute Gasteiger partial charge is 0.182 e. The summed E-state index contributed by atoms with van der Waals surface area (Å²) < 4.78 is 0. The fourth-order valence-corrected chi connectivity index (χ4v) is 6.39. The summed E-state index contributed by atoms with van der Waals surface area (Å²) in [5.41, 5.74) is 5.41. The molecule has 186 valence electrons. The Labute approximate surface area is 210 Å². The fraction of sp³-hybridized carbons (Fsp3) is 0.548. The molecule has 0 amide bonds. The van der Waals surface area contributed by atoms with Gasteiger partial charge in [0.15, 0.2) is 11.6 Å². The van der Waals surface area contributed by atoms with Crippen LogP contribution in [0, 0.1) is 0 Å². The van der Waals surface area contributed by atoms with Crippen LogP contribution in [0.15, 0.2) is 36.4 Å². The van der Waals surface area contributed by atoms with Crippen molar-refractivity contribution >= 4 is 11.6 Å². The van der Waals surface area contributed by atoms with Gasteiger partial charge in [-0.25, -0.2) is 0 Å². The van der Waals surface area contributed by atoms with Gasteiger partial charge in [-0.3, -0.25) is 19.4 Å². The van der Waals surface area contributed by atoms with Crippen LogP contribution in [0.5, 0.6) is 0 Å². The van der Waals surface area contributed by atoms with E-state index in [4.69, 9.17) is 0 Å². The van der Waals surface area contributed by atoms with Gasteiger partial charge in [0, 0.05) is 11.1 Å². The van der Waals surface area contributed by atoms with Crippen molar-refractivity contribution in [3.05, 3.63) is 58.7 Å². The van der Waals surface area contributed by atoms with E-state index in [-0.39, 0.29) is 11.6 Å². The molecule has 2 aromatic rings. The number of hydrogen-bond donors (Lipinski definition) is 0. The minimum absolute atomic E-state index is 0.206. The second-order valence-electron chi connectivity index (χ2n) is 11.8. The lowest BCUT2D eigenvalue weighted by molar-refractivity contribution is 0.0576. The molecule has 0 atom stereocenters. The Morgan fingerprint density at radius 1 is 0.600 bits per heavy atom. The average Bonchev–Trinajstić information content (AvgIpc) is 3.25. The number of piperidine rings is 2. The molecule has 1 aliphatic carbocycles. The molecular weight excluding hydrogens is 432 g/mol. The molecular formula is C31H40N2O2. The topological polar surface area (TPSA) is 40.6 Å². The third-order valence-corrected chi connectivity index (χ3v) is 8.81. The third kappa shape index (κ3) is 4.40. The van der Waals surface area contributed by atoms with Crippen LogP contribution in [-0.2, 0) is 6.42 Å². The number of benzene rings is 2. The molecule has 5 rings (SSSR count). The van der Waals surface area contributed by atoms with E-state index in [1.807, 2.05) is 12.1 Å². The summed E-state index contributed by atoms with van der Waals surface area (Å²) in [5, 5.41) is 0. The number of carbonyl (C=O) groups is 2. The lowest BCUT2D eigenvalue weighted by atomic mass is 9.88. The van der Waals surface area contributed by atoms with Crippen molar-refractivity contribution in [1.82, 2.24) is 9.80 Å². The summed E-state index contributed by atoms with van der Waals surface area (Å²) in [6.07, 6.45) is 7.99. The zero-order chi connectivity index (χ0) is 24.8. The van der Waals surface area contributed by atoms with Crippen molar-refractivity contribution in [3.8, 4) is 11.1 Å². The number of carbonyl (C=O) groups excluding carboxylic acids is 2. The first-order valence-corrected chi connectivity index (χ1v) is 13.6. The summed E-state index contributed by atoms with van der Waals surface area (Å²) in [7, 11) is 0. The Bertz CT molecular complexity index is 1050. The van der Waals surface area contributed by atoms with E-state index >= 15 is 0 Å². The molecule has 4 heteroatoms. The number of likely N-dealkylation sites (tertiary alicyclic amines) is 2. The molecule has 4 nitrogen and oxygen atoms in total. The molecule has 2 fully saturated rings. The molecule has 0 radical (unpaired) electrons. The van der Waals surface area contributed by atoms with E-state index in [1.165, 1.54) is 60.8 Å². The molecule has 0 aromatic heterocycles. The second-order valence-corrected chi connectivity index (χ2v) is 11.8. The maximum Gasteiger partial charge on any atom is 0.182 e. The van der Waals surface area contributed by atoms with Gasteiger partial charge < -0.3 is 0 Å². The Morgan fingerprint density at radius 3 is 1.34 bits per heavy atom. The van der Waals surface area contributed by atoms with Crippen molar-refractivity contribution in [3.63, 3.8) is 0 Å². The van der Waals surface area contributed by atoms with Crippen molar-refractivity contribution in [2.45, 2.75) is 83.7 Å². The predicted octanol–water partition coefficient (Wildman–Crippen LogP) is 6.15. The highest BCUT2D eigenvalue weighted by atomic mass is 16.1. The Balaban J connectivity index is 1.37. The van der Waals surface area contributed by atoms with Gasteiger partial charge in [-0.2, -0.15) is 0 Å². The van der Waals surface area contributed by atoms with Crippen LogP contribution >= 0.6 is 0 Å². The lowest BCUT2D eigenvalue weighted by Gasteiger charge is -2.39. The van der Waals surface area contributed by atoms with Crippen molar-refractivity contribution in [2.24, 2.45) is 0 Å². The lowest BCUT2D eigenvalue weighted by Crippen LogP contribution is -2.52. The van der Waals surface area contributed by atoms with E-state index in [1.54, 1.807) is 0 Å². The molecule has 2 aromatic carbocycles. The number of rotatable bonds is 6. The first kappa shape index (κ1) is 24.4. The highest BCUT2D eigenvalue weighted by molar-refractivity contribution is 6.05. The van der Waals surface area contributed by atoms with E-state index in [2.05, 4.69) is 61.8 Å². The summed E-state index contributed by atoms with van der Waals surface area (Å²) in [4.78, 5) is 31.8. The van der Waals surface area contributed by atoms with Crippen molar-refractivity contribution < 1.29 is 9.59 Å². The number of ketones is 2. The quantitative estimate of drug-likeness (QED) is 0.403. The number of fused-ring (bicyclic) bond motifs is 3. The van der Waals surface area contributed by atoms with Gasteiger partial charge in [0.2, 0.25) is 0 Å². The van der Waals surface area contributed by atoms with Gasteiger partial charge in [0.1, 0.15) is 0 Å². The summed E-state index contributed by atoms with van der Waals surface area (Å²) in [6.45, 7) is 12.3. The van der Waals surface area contributed by atoms with Gasteiger partial charge >= 0.3 is 0 Å². The summed E-state index contributed by atoms with van der Waals surface area (Å²) in [5.74, 6) is 0.412. The van der Waals surface area contributed by atoms with Crippen LogP contribution in [0.25, 0.3) is 11.1 Å². The Hall–Kier alpha value is -2.30. The van der Waals surface area contributed by atoms with Gasteiger partial charge in [-0.1, -0.05) is 37.1 Å². The first-order chi connectivity index (χ1) is 16.7. The molecule has 2 saturated heterocycles. The Kier molecular flexibility index (Phi) is 6.48. The van der Waals surface area contributed by atoms with Gasteiger partial charge in [0.05, 0.1) is 11.1 Å². The predicted molar refractivity (Wildman–Crippen MR) is 142 cm³/mol.